The van der Waals surface area contributed by atoms with Crippen molar-refractivity contribution in [3.8, 4) is 23.7 Å². The zero-order valence-electron chi connectivity index (χ0n) is 20.7. The molecule has 0 N–H and O–H groups in total. The molecule has 0 amide bonds. The molecule has 0 spiro atoms. The molecule has 0 radical (unpaired) electrons. The predicted molar refractivity (Wildman–Crippen MR) is 146 cm³/mol. The monoisotopic (exact) mass is 535 g/mol. The number of benzene rings is 5. The number of hydrogen-bond donors (Lipinski definition) is 0. The molecule has 0 heterocycles. The lowest BCUT2D eigenvalue weighted by Crippen LogP contribution is -2.09. The van der Waals surface area contributed by atoms with Crippen molar-refractivity contribution in [3.63, 3.8) is 0 Å². The first-order valence-corrected chi connectivity index (χ1v) is 12.1. The van der Waals surface area contributed by atoms with Crippen molar-refractivity contribution < 1.29 is 22.0 Å². The Morgan fingerprint density at radius 3 is 1.10 bits per heavy atom. The summed E-state index contributed by atoms with van der Waals surface area (Å²) in [7, 11) is 0. The Morgan fingerprint density at radius 2 is 0.675 bits per heavy atom. The lowest BCUT2D eigenvalue weighted by Gasteiger charge is -2.25. The Labute approximate surface area is 228 Å². The second kappa shape index (κ2) is 11.6. The van der Waals surface area contributed by atoms with Gasteiger partial charge < -0.3 is 4.90 Å². The van der Waals surface area contributed by atoms with E-state index < -0.39 is 34.6 Å². The van der Waals surface area contributed by atoms with Crippen LogP contribution < -0.4 is 4.90 Å². The van der Waals surface area contributed by atoms with E-state index in [0.717, 1.165) is 22.6 Å². The SMILES string of the molecule is Fc1c(F)c(F)c(C#Cc2ccc(C#Cc3ccc(N(c4ccccc4)c4ccccc4)cc3)cc2)c(F)c1F. The molecule has 0 bridgehead atoms. The molecule has 40 heavy (non-hydrogen) atoms. The van der Waals surface area contributed by atoms with Crippen LogP contribution in [-0.2, 0) is 0 Å². The first-order chi connectivity index (χ1) is 19.4. The Balaban J connectivity index is 1.34. The van der Waals surface area contributed by atoms with E-state index in [1.807, 2.05) is 90.8 Å². The number of anilines is 3. The van der Waals surface area contributed by atoms with Gasteiger partial charge >= 0.3 is 0 Å². The molecule has 0 fully saturated rings. The number of hydrogen-bond acceptors (Lipinski definition) is 1. The van der Waals surface area contributed by atoms with E-state index in [2.05, 4.69) is 22.7 Å². The summed E-state index contributed by atoms with van der Waals surface area (Å²) in [6, 6.07) is 34.3. The summed E-state index contributed by atoms with van der Waals surface area (Å²) in [4.78, 5) is 2.14. The minimum absolute atomic E-state index is 0.320. The lowest BCUT2D eigenvalue weighted by atomic mass is 10.1. The molecule has 0 saturated carbocycles. The standard InChI is InChI=1S/C34H18F5N/c35-30-29(31(36)33(38)34(39)32(30)37)22-19-24-14-11-23(12-15-24)13-16-25-17-20-28(21-18-25)40(26-7-3-1-4-8-26)27-9-5-2-6-10-27/h1-12,14-15,17-18,20-21H. The molecule has 6 heteroatoms. The fourth-order valence-electron chi connectivity index (χ4n) is 3.93. The van der Waals surface area contributed by atoms with Crippen LogP contribution in [-0.4, -0.2) is 0 Å². The summed E-state index contributed by atoms with van der Waals surface area (Å²) in [6.07, 6.45) is 0. The van der Waals surface area contributed by atoms with Crippen LogP contribution in [0.25, 0.3) is 0 Å². The average Bonchev–Trinajstić information content (AvgIpc) is 3.00. The smallest absolute Gasteiger partial charge is 0.200 e. The minimum atomic E-state index is -2.22. The van der Waals surface area contributed by atoms with Crippen molar-refractivity contribution in [1.29, 1.82) is 0 Å². The van der Waals surface area contributed by atoms with Gasteiger partial charge in [0.05, 0.1) is 0 Å². The molecule has 0 saturated heterocycles. The molecule has 5 aromatic rings. The molecule has 0 aliphatic rings. The van der Waals surface area contributed by atoms with Gasteiger partial charge in [-0.2, -0.15) is 0 Å². The van der Waals surface area contributed by atoms with Crippen LogP contribution in [0, 0.1) is 52.8 Å². The second-order valence-corrected chi connectivity index (χ2v) is 8.58. The maximum atomic E-state index is 13.8. The van der Waals surface area contributed by atoms with Crippen molar-refractivity contribution in [2.75, 3.05) is 4.90 Å². The third-order valence-electron chi connectivity index (χ3n) is 5.93. The topological polar surface area (TPSA) is 3.24 Å². The highest BCUT2D eigenvalue weighted by Crippen LogP contribution is 2.34. The zero-order chi connectivity index (χ0) is 28.1. The summed E-state index contributed by atoms with van der Waals surface area (Å²) in [5, 5.41) is 0. The highest BCUT2D eigenvalue weighted by Gasteiger charge is 2.24. The molecule has 0 aliphatic heterocycles. The minimum Gasteiger partial charge on any atom is -0.311 e. The quantitative estimate of drug-likeness (QED) is 0.0967. The summed E-state index contributed by atoms with van der Waals surface area (Å²) >= 11 is 0. The van der Waals surface area contributed by atoms with Crippen molar-refractivity contribution in [2.24, 2.45) is 0 Å². The molecule has 5 aromatic carbocycles. The van der Waals surface area contributed by atoms with Gasteiger partial charge in [-0.05, 0) is 72.8 Å². The number of halogens is 5. The molecular weight excluding hydrogens is 517 g/mol. The zero-order valence-corrected chi connectivity index (χ0v) is 20.7. The van der Waals surface area contributed by atoms with Crippen molar-refractivity contribution >= 4 is 17.1 Å². The van der Waals surface area contributed by atoms with E-state index in [9.17, 15) is 22.0 Å². The van der Waals surface area contributed by atoms with Gasteiger partial charge in [-0.25, -0.2) is 22.0 Å². The molecule has 0 atom stereocenters. The Bertz CT molecular complexity index is 1710. The summed E-state index contributed by atoms with van der Waals surface area (Å²) < 4.78 is 67.6. The molecule has 0 aromatic heterocycles. The third-order valence-corrected chi connectivity index (χ3v) is 5.93. The predicted octanol–water partition coefficient (Wildman–Crippen LogP) is 8.65. The fraction of sp³-hybridized carbons (Fsp3) is 0. The van der Waals surface area contributed by atoms with Gasteiger partial charge in [0.2, 0.25) is 5.82 Å². The Kier molecular flexibility index (Phi) is 7.62. The number of nitrogens with zero attached hydrogens (tertiary/aromatic N) is 1. The lowest BCUT2D eigenvalue weighted by molar-refractivity contribution is 0.376. The van der Waals surface area contributed by atoms with Crippen LogP contribution in [0.3, 0.4) is 0 Å². The fourth-order valence-corrected chi connectivity index (χ4v) is 3.93. The molecule has 194 valence electrons. The summed E-state index contributed by atoms with van der Waals surface area (Å²) in [5.74, 6) is 0.378. The Hall–Kier alpha value is -5.33. The second-order valence-electron chi connectivity index (χ2n) is 8.58. The van der Waals surface area contributed by atoms with Gasteiger partial charge in [-0.15, -0.1) is 0 Å². The van der Waals surface area contributed by atoms with E-state index in [-0.39, 0.29) is 0 Å². The summed E-state index contributed by atoms with van der Waals surface area (Å²) in [6.45, 7) is 0. The first kappa shape index (κ1) is 26.3. The van der Waals surface area contributed by atoms with Gasteiger partial charge in [-0.3, -0.25) is 0 Å². The van der Waals surface area contributed by atoms with E-state index in [1.165, 1.54) is 0 Å². The highest BCUT2D eigenvalue weighted by atomic mass is 19.2. The third kappa shape index (κ3) is 5.57. The van der Waals surface area contributed by atoms with Crippen LogP contribution in [0.1, 0.15) is 22.3 Å². The van der Waals surface area contributed by atoms with Crippen LogP contribution in [0.5, 0.6) is 0 Å². The molecule has 5 rings (SSSR count). The van der Waals surface area contributed by atoms with Crippen LogP contribution >= 0.6 is 0 Å². The van der Waals surface area contributed by atoms with Gasteiger partial charge in [0.25, 0.3) is 0 Å². The van der Waals surface area contributed by atoms with Crippen LogP contribution in [0.15, 0.2) is 109 Å². The van der Waals surface area contributed by atoms with Gasteiger partial charge in [0.1, 0.15) is 5.56 Å². The molecule has 0 unspecified atom stereocenters. The highest BCUT2D eigenvalue weighted by molar-refractivity contribution is 5.76. The van der Waals surface area contributed by atoms with Crippen molar-refractivity contribution in [3.05, 3.63) is 161 Å². The first-order valence-electron chi connectivity index (χ1n) is 12.1. The molecule has 0 aliphatic carbocycles. The van der Waals surface area contributed by atoms with Gasteiger partial charge in [-0.1, -0.05) is 60.1 Å². The van der Waals surface area contributed by atoms with Gasteiger partial charge in [0.15, 0.2) is 23.3 Å². The van der Waals surface area contributed by atoms with Crippen LogP contribution in [0.2, 0.25) is 0 Å². The van der Waals surface area contributed by atoms with Gasteiger partial charge in [0, 0.05) is 33.8 Å². The average molecular weight is 536 g/mol. The molecular formula is C34H18F5N. The Morgan fingerprint density at radius 1 is 0.350 bits per heavy atom. The number of rotatable bonds is 3. The van der Waals surface area contributed by atoms with E-state index in [4.69, 9.17) is 0 Å². The maximum Gasteiger partial charge on any atom is 0.200 e. The van der Waals surface area contributed by atoms with Crippen molar-refractivity contribution in [1.82, 2.24) is 0 Å². The summed E-state index contributed by atoms with van der Waals surface area (Å²) in [5.41, 5.74) is 3.61. The normalized spacial score (nSPS) is 10.2. The molecule has 1 nitrogen and oxygen atoms in total. The van der Waals surface area contributed by atoms with Crippen LogP contribution in [0.4, 0.5) is 39.0 Å². The maximum absolute atomic E-state index is 13.8. The number of para-hydroxylation sites is 2. The largest absolute Gasteiger partial charge is 0.311 e. The van der Waals surface area contributed by atoms with E-state index in [1.54, 1.807) is 24.3 Å². The van der Waals surface area contributed by atoms with E-state index >= 15 is 0 Å². The van der Waals surface area contributed by atoms with Crippen molar-refractivity contribution in [2.45, 2.75) is 0 Å². The van der Waals surface area contributed by atoms with E-state index in [0.29, 0.717) is 11.1 Å².